The SMILES string of the molecule is C=CC(/C=N/c1ccc(Cc2ccc(/N=C/c3ccccn3)cc2)cc1)=N\C=C/C. The fraction of sp³-hybridized carbons (Fsp3) is 0.0769. The van der Waals surface area contributed by atoms with Crippen LogP contribution in [-0.2, 0) is 6.42 Å². The summed E-state index contributed by atoms with van der Waals surface area (Å²) in [7, 11) is 0. The highest BCUT2D eigenvalue weighted by atomic mass is 14.8. The number of allylic oxidation sites excluding steroid dienone is 2. The quantitative estimate of drug-likeness (QED) is 0.416. The van der Waals surface area contributed by atoms with Crippen LogP contribution in [0.4, 0.5) is 11.4 Å². The van der Waals surface area contributed by atoms with Gasteiger partial charge in [0, 0.05) is 12.4 Å². The molecule has 0 aliphatic heterocycles. The first-order valence-corrected chi connectivity index (χ1v) is 9.75. The van der Waals surface area contributed by atoms with Crippen molar-refractivity contribution in [3.8, 4) is 0 Å². The molecule has 0 unspecified atom stereocenters. The van der Waals surface area contributed by atoms with Crippen molar-refractivity contribution in [1.29, 1.82) is 0 Å². The van der Waals surface area contributed by atoms with Gasteiger partial charge in [0.1, 0.15) is 0 Å². The molecule has 4 heteroatoms. The van der Waals surface area contributed by atoms with Gasteiger partial charge in [-0.25, -0.2) is 0 Å². The number of nitrogens with zero attached hydrogens (tertiary/aromatic N) is 4. The van der Waals surface area contributed by atoms with Crippen LogP contribution in [0.2, 0.25) is 0 Å². The maximum atomic E-state index is 4.47. The molecule has 0 aliphatic carbocycles. The molecule has 148 valence electrons. The van der Waals surface area contributed by atoms with Crippen molar-refractivity contribution in [2.45, 2.75) is 13.3 Å². The molecule has 0 saturated carbocycles. The summed E-state index contributed by atoms with van der Waals surface area (Å²) in [6.45, 7) is 5.67. The molecule has 0 bridgehead atoms. The lowest BCUT2D eigenvalue weighted by molar-refractivity contribution is 1.19. The van der Waals surface area contributed by atoms with Crippen LogP contribution < -0.4 is 0 Å². The van der Waals surface area contributed by atoms with E-state index in [9.17, 15) is 0 Å². The summed E-state index contributed by atoms with van der Waals surface area (Å²) >= 11 is 0. The van der Waals surface area contributed by atoms with Crippen molar-refractivity contribution >= 4 is 29.5 Å². The maximum absolute atomic E-state index is 4.47. The smallest absolute Gasteiger partial charge is 0.0812 e. The van der Waals surface area contributed by atoms with E-state index in [-0.39, 0.29) is 0 Å². The molecule has 0 N–H and O–H groups in total. The Morgan fingerprint density at radius 3 is 2.13 bits per heavy atom. The van der Waals surface area contributed by atoms with Gasteiger partial charge in [0.15, 0.2) is 0 Å². The molecule has 0 fully saturated rings. The number of pyridine rings is 1. The molecule has 0 amide bonds. The number of rotatable bonds is 8. The zero-order valence-electron chi connectivity index (χ0n) is 17.0. The Balaban J connectivity index is 1.60. The molecule has 0 radical (unpaired) electrons. The highest BCUT2D eigenvalue weighted by Gasteiger charge is 1.98. The van der Waals surface area contributed by atoms with Crippen molar-refractivity contribution in [1.82, 2.24) is 4.98 Å². The zero-order valence-corrected chi connectivity index (χ0v) is 17.0. The number of hydrogen-bond donors (Lipinski definition) is 0. The van der Waals surface area contributed by atoms with Gasteiger partial charge in [-0.1, -0.05) is 43.0 Å². The molecule has 1 aromatic heterocycles. The van der Waals surface area contributed by atoms with Gasteiger partial charge < -0.3 is 0 Å². The van der Waals surface area contributed by atoms with E-state index >= 15 is 0 Å². The van der Waals surface area contributed by atoms with Crippen LogP contribution in [0, 0.1) is 0 Å². The standard InChI is InChI=1S/C26H24N4/c1-3-16-27-23(4-2)19-29-24-12-8-21(9-13-24)18-22-10-14-25(15-11-22)30-20-26-7-5-6-17-28-26/h3-17,19-20H,2,18H2,1H3/b16-3-,27-23+,29-19+,30-20+. The summed E-state index contributed by atoms with van der Waals surface area (Å²) in [6, 6.07) is 22.2. The van der Waals surface area contributed by atoms with E-state index in [1.807, 2.05) is 55.5 Å². The van der Waals surface area contributed by atoms with Crippen LogP contribution in [0.15, 0.2) is 113 Å². The largest absolute Gasteiger partial charge is 0.256 e. The summed E-state index contributed by atoms with van der Waals surface area (Å²) < 4.78 is 0. The summed E-state index contributed by atoms with van der Waals surface area (Å²) in [5.74, 6) is 0. The molecule has 3 aromatic rings. The van der Waals surface area contributed by atoms with Crippen molar-refractivity contribution in [3.05, 3.63) is 115 Å². The van der Waals surface area contributed by atoms with Gasteiger partial charge in [0.2, 0.25) is 0 Å². The summed E-state index contributed by atoms with van der Waals surface area (Å²) in [5, 5.41) is 0. The predicted octanol–water partition coefficient (Wildman–Crippen LogP) is 6.29. The van der Waals surface area contributed by atoms with Gasteiger partial charge in [-0.05, 0) is 66.9 Å². The summed E-state index contributed by atoms with van der Waals surface area (Å²) in [5.41, 5.74) is 5.82. The van der Waals surface area contributed by atoms with Crippen LogP contribution in [-0.4, -0.2) is 23.1 Å². The number of hydrogen-bond acceptors (Lipinski definition) is 4. The van der Waals surface area contributed by atoms with E-state index in [1.54, 1.807) is 30.9 Å². The monoisotopic (exact) mass is 392 g/mol. The second-order valence-corrected chi connectivity index (χ2v) is 6.52. The lowest BCUT2D eigenvalue weighted by Crippen LogP contribution is -1.92. The third-order valence-electron chi connectivity index (χ3n) is 4.24. The molecule has 30 heavy (non-hydrogen) atoms. The summed E-state index contributed by atoms with van der Waals surface area (Å²) in [6.07, 6.45) is 11.4. The van der Waals surface area contributed by atoms with Gasteiger partial charge in [0.05, 0.1) is 35.2 Å². The molecule has 0 spiro atoms. The summed E-state index contributed by atoms with van der Waals surface area (Å²) in [4.78, 5) is 17.4. The average Bonchev–Trinajstić information content (AvgIpc) is 2.80. The molecule has 1 heterocycles. The Morgan fingerprint density at radius 1 is 0.900 bits per heavy atom. The molecule has 0 aliphatic rings. The molecule has 3 rings (SSSR count). The molecule has 0 saturated heterocycles. The van der Waals surface area contributed by atoms with E-state index in [4.69, 9.17) is 0 Å². The van der Waals surface area contributed by atoms with Crippen LogP contribution in [0.3, 0.4) is 0 Å². The minimum absolute atomic E-state index is 0.725. The lowest BCUT2D eigenvalue weighted by Gasteiger charge is -2.03. The Kier molecular flexibility index (Phi) is 7.75. The van der Waals surface area contributed by atoms with Gasteiger partial charge in [-0.3, -0.25) is 20.0 Å². The molecule has 4 nitrogen and oxygen atoms in total. The number of aromatic nitrogens is 1. The van der Waals surface area contributed by atoms with Crippen LogP contribution in [0.5, 0.6) is 0 Å². The Labute approximate surface area is 177 Å². The Morgan fingerprint density at radius 2 is 1.57 bits per heavy atom. The second kappa shape index (κ2) is 11.2. The number of benzene rings is 2. The van der Waals surface area contributed by atoms with Crippen molar-refractivity contribution in [3.63, 3.8) is 0 Å². The Bertz CT molecular complexity index is 1060. The highest BCUT2D eigenvalue weighted by Crippen LogP contribution is 2.18. The first-order chi connectivity index (χ1) is 14.8. The van der Waals surface area contributed by atoms with Crippen molar-refractivity contribution in [2.75, 3.05) is 0 Å². The van der Waals surface area contributed by atoms with Gasteiger partial charge in [0.25, 0.3) is 0 Å². The molecule has 0 atom stereocenters. The third-order valence-corrected chi connectivity index (χ3v) is 4.24. The lowest BCUT2D eigenvalue weighted by atomic mass is 10.0. The average molecular weight is 393 g/mol. The zero-order chi connectivity index (χ0) is 21.0. The van der Waals surface area contributed by atoms with Crippen molar-refractivity contribution in [2.24, 2.45) is 15.0 Å². The van der Waals surface area contributed by atoms with E-state index in [0.717, 1.165) is 29.2 Å². The van der Waals surface area contributed by atoms with E-state index < -0.39 is 0 Å². The second-order valence-electron chi connectivity index (χ2n) is 6.52. The van der Waals surface area contributed by atoms with Crippen LogP contribution >= 0.6 is 0 Å². The minimum Gasteiger partial charge on any atom is -0.256 e. The van der Waals surface area contributed by atoms with Gasteiger partial charge >= 0.3 is 0 Å². The van der Waals surface area contributed by atoms with Crippen LogP contribution in [0.1, 0.15) is 23.7 Å². The van der Waals surface area contributed by atoms with Gasteiger partial charge in [-0.15, -0.1) is 0 Å². The van der Waals surface area contributed by atoms with Crippen molar-refractivity contribution < 1.29 is 0 Å². The maximum Gasteiger partial charge on any atom is 0.0812 e. The first kappa shape index (κ1) is 20.8. The normalized spacial score (nSPS) is 12.2. The van der Waals surface area contributed by atoms with Gasteiger partial charge in [-0.2, -0.15) is 0 Å². The molecule has 2 aromatic carbocycles. The third kappa shape index (κ3) is 6.60. The van der Waals surface area contributed by atoms with Crippen LogP contribution in [0.25, 0.3) is 0 Å². The Hall–Kier alpha value is -3.92. The minimum atomic E-state index is 0.725. The van der Waals surface area contributed by atoms with E-state index in [1.165, 1.54) is 11.1 Å². The first-order valence-electron chi connectivity index (χ1n) is 9.75. The van der Waals surface area contributed by atoms with E-state index in [0.29, 0.717) is 0 Å². The fourth-order valence-corrected chi connectivity index (χ4v) is 2.67. The van der Waals surface area contributed by atoms with E-state index in [2.05, 4.69) is 50.8 Å². The fourth-order valence-electron chi connectivity index (χ4n) is 2.67. The predicted molar refractivity (Wildman–Crippen MR) is 128 cm³/mol. The number of aliphatic imine (C=N–C) groups is 3. The highest BCUT2D eigenvalue weighted by molar-refractivity contribution is 6.36. The molecular weight excluding hydrogens is 368 g/mol. The topological polar surface area (TPSA) is 50.0 Å². The molecular formula is C26H24N4.